The number of benzene rings is 2. The Hall–Kier alpha value is -2.76. The number of fused-ring (bicyclic) bond motifs is 1. The van der Waals surface area contributed by atoms with E-state index in [0.29, 0.717) is 34.7 Å². The van der Waals surface area contributed by atoms with Gasteiger partial charge in [0.1, 0.15) is 11.5 Å². The summed E-state index contributed by atoms with van der Waals surface area (Å²) in [4.78, 5) is 14.2. The maximum absolute atomic E-state index is 10.4. The summed E-state index contributed by atoms with van der Waals surface area (Å²) in [6, 6.07) is 7.08. The summed E-state index contributed by atoms with van der Waals surface area (Å²) < 4.78 is 0. The predicted molar refractivity (Wildman–Crippen MR) is 83.2 cm³/mol. The van der Waals surface area contributed by atoms with Crippen molar-refractivity contribution < 1.29 is 20.1 Å². The van der Waals surface area contributed by atoms with Crippen molar-refractivity contribution in [3.05, 3.63) is 51.6 Å². The minimum atomic E-state index is -0.818. The predicted octanol–water partition coefficient (Wildman–Crippen LogP) is 3.56. The fraction of sp³-hybridized carbons (Fsp3) is 0.250. The molecule has 0 aliphatic rings. The highest BCUT2D eigenvalue weighted by atomic mass is 16.9. The van der Waals surface area contributed by atoms with E-state index in [1.165, 1.54) is 0 Å². The van der Waals surface area contributed by atoms with E-state index in [9.17, 15) is 20.3 Å². The van der Waals surface area contributed by atoms with Gasteiger partial charge in [-0.3, -0.25) is 0 Å². The summed E-state index contributed by atoms with van der Waals surface area (Å²) >= 11 is 0. The molecule has 0 fully saturated rings. The van der Waals surface area contributed by atoms with Crippen LogP contribution in [0.2, 0.25) is 0 Å². The zero-order valence-corrected chi connectivity index (χ0v) is 12.2. The molecule has 0 aliphatic carbocycles. The molecule has 0 amide bonds. The monoisotopic (exact) mass is 303 g/mol. The fourth-order valence-corrected chi connectivity index (χ4v) is 2.29. The van der Waals surface area contributed by atoms with Crippen molar-refractivity contribution in [2.45, 2.75) is 19.8 Å². The molecule has 0 bridgehead atoms. The van der Waals surface area contributed by atoms with E-state index in [2.05, 4.69) is 4.84 Å². The SMILES string of the molecule is Cc1c(/C=C/CCCO[N+](=O)[O-])c(O)c2ccccc2c1O. The first kappa shape index (κ1) is 15.6. The van der Waals surface area contributed by atoms with Crippen LogP contribution in [-0.2, 0) is 4.84 Å². The molecule has 6 nitrogen and oxygen atoms in total. The number of allylic oxidation sites excluding steroid dienone is 1. The van der Waals surface area contributed by atoms with Gasteiger partial charge in [-0.2, -0.15) is 0 Å². The van der Waals surface area contributed by atoms with Gasteiger partial charge in [0.2, 0.25) is 0 Å². The molecule has 2 rings (SSSR count). The molecule has 22 heavy (non-hydrogen) atoms. The van der Waals surface area contributed by atoms with Gasteiger partial charge in [-0.15, -0.1) is 10.1 Å². The molecule has 0 saturated carbocycles. The highest BCUT2D eigenvalue weighted by Gasteiger charge is 2.13. The van der Waals surface area contributed by atoms with Crippen molar-refractivity contribution in [3.8, 4) is 11.5 Å². The van der Waals surface area contributed by atoms with Crippen LogP contribution in [0.15, 0.2) is 30.3 Å². The molecular formula is C16H17NO5. The van der Waals surface area contributed by atoms with Crippen molar-refractivity contribution in [1.29, 1.82) is 0 Å². The minimum absolute atomic E-state index is 0.0330. The second-order valence-electron chi connectivity index (χ2n) is 4.88. The molecular weight excluding hydrogens is 286 g/mol. The Labute approximate surface area is 127 Å². The molecule has 116 valence electrons. The Morgan fingerprint density at radius 1 is 1.23 bits per heavy atom. The third-order valence-corrected chi connectivity index (χ3v) is 3.45. The molecule has 0 unspecified atom stereocenters. The Morgan fingerprint density at radius 2 is 1.86 bits per heavy atom. The van der Waals surface area contributed by atoms with Crippen LogP contribution in [-0.4, -0.2) is 21.9 Å². The average Bonchev–Trinajstić information content (AvgIpc) is 2.51. The van der Waals surface area contributed by atoms with Crippen LogP contribution in [0.25, 0.3) is 16.8 Å². The number of hydrogen-bond donors (Lipinski definition) is 2. The summed E-state index contributed by atoms with van der Waals surface area (Å²) in [5, 5.41) is 31.0. The maximum Gasteiger partial charge on any atom is 0.294 e. The summed E-state index contributed by atoms with van der Waals surface area (Å²) in [5.74, 6) is 0.258. The van der Waals surface area contributed by atoms with Gasteiger partial charge in [0, 0.05) is 21.9 Å². The van der Waals surface area contributed by atoms with E-state index in [0.717, 1.165) is 0 Å². The Balaban J connectivity index is 2.19. The number of unbranched alkanes of at least 4 members (excludes halogenated alkanes) is 1. The second-order valence-corrected chi connectivity index (χ2v) is 4.88. The van der Waals surface area contributed by atoms with Crippen LogP contribution in [0, 0.1) is 17.0 Å². The first-order valence-electron chi connectivity index (χ1n) is 6.89. The molecule has 0 aromatic heterocycles. The van der Waals surface area contributed by atoms with Gasteiger partial charge in [-0.1, -0.05) is 36.4 Å². The highest BCUT2D eigenvalue weighted by molar-refractivity contribution is 5.97. The number of phenolic OH excluding ortho intramolecular Hbond substituents is 2. The van der Waals surface area contributed by atoms with E-state index < -0.39 is 5.09 Å². The van der Waals surface area contributed by atoms with Crippen LogP contribution in [0.5, 0.6) is 11.5 Å². The summed E-state index contributed by atoms with van der Waals surface area (Å²) in [5.41, 5.74) is 1.14. The van der Waals surface area contributed by atoms with Crippen LogP contribution < -0.4 is 0 Å². The Kier molecular flexibility index (Phi) is 4.83. The lowest BCUT2D eigenvalue weighted by atomic mass is 9.98. The number of nitrogens with zero attached hydrogens (tertiary/aromatic N) is 1. The van der Waals surface area contributed by atoms with E-state index in [1.807, 2.05) is 0 Å². The van der Waals surface area contributed by atoms with Crippen molar-refractivity contribution in [2.24, 2.45) is 0 Å². The summed E-state index contributed by atoms with van der Waals surface area (Å²) in [6.07, 6.45) is 4.57. The summed E-state index contributed by atoms with van der Waals surface area (Å²) in [6.45, 7) is 1.77. The van der Waals surface area contributed by atoms with Crippen molar-refractivity contribution in [3.63, 3.8) is 0 Å². The van der Waals surface area contributed by atoms with Gasteiger partial charge < -0.3 is 15.1 Å². The van der Waals surface area contributed by atoms with Gasteiger partial charge in [0.25, 0.3) is 5.09 Å². The molecule has 6 heteroatoms. The van der Waals surface area contributed by atoms with Crippen molar-refractivity contribution in [2.75, 3.05) is 6.61 Å². The fourth-order valence-electron chi connectivity index (χ4n) is 2.29. The molecule has 0 saturated heterocycles. The van der Waals surface area contributed by atoms with Crippen molar-refractivity contribution >= 4 is 16.8 Å². The molecule has 2 aromatic carbocycles. The largest absolute Gasteiger partial charge is 0.507 e. The van der Waals surface area contributed by atoms with Crippen LogP contribution >= 0.6 is 0 Å². The zero-order chi connectivity index (χ0) is 16.1. The second kappa shape index (κ2) is 6.80. The lowest BCUT2D eigenvalue weighted by Crippen LogP contribution is -2.01. The minimum Gasteiger partial charge on any atom is -0.507 e. The lowest BCUT2D eigenvalue weighted by molar-refractivity contribution is -0.757. The Bertz CT molecular complexity index is 724. The van der Waals surface area contributed by atoms with Gasteiger partial charge in [0.05, 0.1) is 6.61 Å². The maximum atomic E-state index is 10.4. The number of aromatic hydroxyl groups is 2. The van der Waals surface area contributed by atoms with Crippen LogP contribution in [0.3, 0.4) is 0 Å². The highest BCUT2D eigenvalue weighted by Crippen LogP contribution is 2.39. The smallest absolute Gasteiger partial charge is 0.294 e. The molecule has 2 N–H and O–H groups in total. The quantitative estimate of drug-likeness (QED) is 0.368. The molecule has 2 aromatic rings. The molecule has 0 radical (unpaired) electrons. The average molecular weight is 303 g/mol. The zero-order valence-electron chi connectivity index (χ0n) is 12.2. The third kappa shape index (κ3) is 3.28. The number of phenols is 2. The van der Waals surface area contributed by atoms with Crippen LogP contribution in [0.1, 0.15) is 24.0 Å². The van der Waals surface area contributed by atoms with E-state index >= 15 is 0 Å². The summed E-state index contributed by atoms with van der Waals surface area (Å²) in [7, 11) is 0. The number of hydrogen-bond acceptors (Lipinski definition) is 5. The van der Waals surface area contributed by atoms with Gasteiger partial charge in [-0.05, 0) is 19.8 Å². The van der Waals surface area contributed by atoms with Gasteiger partial charge in [0.15, 0.2) is 0 Å². The molecule has 0 spiro atoms. The van der Waals surface area contributed by atoms with E-state index in [4.69, 9.17) is 0 Å². The Morgan fingerprint density at radius 3 is 2.50 bits per heavy atom. The molecule has 0 aliphatic heterocycles. The molecule has 0 atom stereocenters. The van der Waals surface area contributed by atoms with Gasteiger partial charge in [-0.25, -0.2) is 0 Å². The third-order valence-electron chi connectivity index (χ3n) is 3.45. The van der Waals surface area contributed by atoms with Gasteiger partial charge >= 0.3 is 0 Å². The van der Waals surface area contributed by atoms with Crippen molar-refractivity contribution in [1.82, 2.24) is 0 Å². The van der Waals surface area contributed by atoms with E-state index in [1.54, 1.807) is 43.3 Å². The first-order chi connectivity index (χ1) is 10.5. The topological polar surface area (TPSA) is 92.8 Å². The lowest BCUT2D eigenvalue weighted by Gasteiger charge is -2.11. The van der Waals surface area contributed by atoms with E-state index in [-0.39, 0.29) is 18.1 Å². The standard InChI is InChI=1S/C16H17NO5/c1-11-12(7-3-2-6-10-22-17(20)21)16(19)14-9-5-4-8-13(14)15(11)18/h3-5,7-9,18-19H,2,6,10H2,1H3/b7-3+. The molecule has 0 heterocycles. The van der Waals surface area contributed by atoms with Crippen LogP contribution in [0.4, 0.5) is 0 Å². The first-order valence-corrected chi connectivity index (χ1v) is 6.89. The number of rotatable bonds is 6. The normalized spacial score (nSPS) is 11.1.